The van der Waals surface area contributed by atoms with Gasteiger partial charge in [0.15, 0.2) is 0 Å². The summed E-state index contributed by atoms with van der Waals surface area (Å²) in [6.07, 6.45) is 0. The summed E-state index contributed by atoms with van der Waals surface area (Å²) >= 11 is 0. The Morgan fingerprint density at radius 1 is 0.900 bits per heavy atom. The van der Waals surface area contributed by atoms with Gasteiger partial charge in [0.25, 0.3) is 0 Å². The number of nitrogens with two attached hydrogens (primary N) is 1. The number of nitrogen functional groups attached to an aromatic ring is 1. The monoisotopic (exact) mass is 403 g/mol. The highest BCUT2D eigenvalue weighted by molar-refractivity contribution is 6.00. The van der Waals surface area contributed by atoms with Gasteiger partial charge in [-0.3, -0.25) is 0 Å². The molecule has 0 bridgehead atoms. The van der Waals surface area contributed by atoms with Crippen LogP contribution >= 0.6 is 0 Å². The number of carbonyl (C=O) groups is 1. The van der Waals surface area contributed by atoms with Gasteiger partial charge in [-0.15, -0.1) is 0 Å². The predicted molar refractivity (Wildman–Crippen MR) is 121 cm³/mol. The molecule has 1 aliphatic heterocycles. The van der Waals surface area contributed by atoms with Crippen molar-refractivity contribution in [2.45, 2.75) is 0 Å². The number of nitrogens with zero attached hydrogens (tertiary/aromatic N) is 4. The molecule has 1 aliphatic rings. The van der Waals surface area contributed by atoms with E-state index in [1.54, 1.807) is 0 Å². The summed E-state index contributed by atoms with van der Waals surface area (Å²) in [5.74, 6) is 1.06. The lowest BCUT2D eigenvalue weighted by Gasteiger charge is -2.33. The Hall–Kier alpha value is -3.65. The number of para-hydroxylation sites is 1. The normalized spacial score (nSPS) is 14.4. The maximum atomic E-state index is 12.3. The van der Waals surface area contributed by atoms with Crippen LogP contribution < -0.4 is 21.3 Å². The van der Waals surface area contributed by atoms with Crippen LogP contribution in [0.1, 0.15) is 0 Å². The van der Waals surface area contributed by atoms with Crippen molar-refractivity contribution in [1.82, 2.24) is 14.9 Å². The van der Waals surface area contributed by atoms with Crippen molar-refractivity contribution < 1.29 is 4.79 Å². The molecule has 4 rings (SSSR count). The van der Waals surface area contributed by atoms with E-state index in [-0.39, 0.29) is 12.0 Å². The van der Waals surface area contributed by atoms with E-state index >= 15 is 0 Å². The molecule has 0 atom stereocenters. The number of nitrogens with one attached hydrogen (secondary N) is 2. The molecule has 3 aromatic rings. The van der Waals surface area contributed by atoms with Crippen molar-refractivity contribution in [1.29, 1.82) is 0 Å². The minimum absolute atomic E-state index is 0.238. The summed E-state index contributed by atoms with van der Waals surface area (Å²) in [6.45, 7) is 3.76. The largest absolute Gasteiger partial charge is 0.368 e. The fraction of sp³-hybridized carbons (Fsp3) is 0.227. The van der Waals surface area contributed by atoms with Gasteiger partial charge < -0.3 is 26.2 Å². The average Bonchev–Trinajstić information content (AvgIpc) is 2.74. The molecule has 0 radical (unpaired) electrons. The van der Waals surface area contributed by atoms with Crippen LogP contribution in [0.15, 0.2) is 60.7 Å². The smallest absolute Gasteiger partial charge is 0.323 e. The van der Waals surface area contributed by atoms with Crippen LogP contribution in [0.4, 0.5) is 27.9 Å². The quantitative estimate of drug-likeness (QED) is 0.619. The first-order chi connectivity index (χ1) is 14.6. The van der Waals surface area contributed by atoms with Gasteiger partial charge in [-0.05, 0) is 31.3 Å². The lowest BCUT2D eigenvalue weighted by Crippen LogP contribution is -2.44. The van der Waals surface area contributed by atoms with Crippen LogP contribution in [0.2, 0.25) is 0 Å². The Bertz CT molecular complexity index is 1020. The van der Waals surface area contributed by atoms with Gasteiger partial charge in [0.1, 0.15) is 5.82 Å². The Labute approximate surface area is 175 Å². The maximum absolute atomic E-state index is 12.3. The topological polar surface area (TPSA) is 99.4 Å². The molecule has 0 aliphatic carbocycles. The Balaban J connectivity index is 1.51. The van der Waals surface area contributed by atoms with E-state index in [9.17, 15) is 4.79 Å². The molecule has 0 saturated carbocycles. The van der Waals surface area contributed by atoms with Crippen molar-refractivity contribution in [3.8, 4) is 11.3 Å². The molecule has 2 aromatic carbocycles. The summed E-state index contributed by atoms with van der Waals surface area (Å²) in [6, 6.07) is 18.5. The Morgan fingerprint density at radius 3 is 2.37 bits per heavy atom. The summed E-state index contributed by atoms with van der Waals surface area (Å²) < 4.78 is 0. The molecule has 2 amide bonds. The van der Waals surface area contributed by atoms with Gasteiger partial charge >= 0.3 is 6.03 Å². The van der Waals surface area contributed by atoms with Crippen molar-refractivity contribution in [3.63, 3.8) is 0 Å². The molecule has 8 nitrogen and oxygen atoms in total. The minimum atomic E-state index is -0.307. The number of aromatic nitrogens is 2. The summed E-state index contributed by atoms with van der Waals surface area (Å²) in [5, 5.41) is 5.67. The highest BCUT2D eigenvalue weighted by Crippen LogP contribution is 2.25. The van der Waals surface area contributed by atoms with Gasteiger partial charge in [0.2, 0.25) is 5.95 Å². The second kappa shape index (κ2) is 8.79. The van der Waals surface area contributed by atoms with Gasteiger partial charge in [-0.1, -0.05) is 30.3 Å². The van der Waals surface area contributed by atoms with Crippen molar-refractivity contribution in [2.24, 2.45) is 0 Å². The summed E-state index contributed by atoms with van der Waals surface area (Å²) in [7, 11) is 2.11. The molecule has 30 heavy (non-hydrogen) atoms. The molecule has 0 spiro atoms. The second-order valence-corrected chi connectivity index (χ2v) is 7.29. The van der Waals surface area contributed by atoms with E-state index in [1.165, 1.54) is 0 Å². The number of hydrogen-bond donors (Lipinski definition) is 3. The number of likely N-dealkylation sites (N-methyl/N-ethyl adjacent to an activating group) is 1. The average molecular weight is 403 g/mol. The minimum Gasteiger partial charge on any atom is -0.368 e. The number of carbonyl (C=O) groups excluding carboxylic acids is 1. The number of benzene rings is 2. The Morgan fingerprint density at radius 2 is 1.60 bits per heavy atom. The standard InChI is InChI=1S/C22H25N7O/c1-28-10-12-29(13-11-28)20-15-19(26-21(23)27-20)16-6-5-9-18(14-16)25-22(30)24-17-7-3-2-4-8-17/h2-9,14-15H,10-13H2,1H3,(H2,23,26,27)(H2,24,25,30). The number of piperazine rings is 1. The zero-order valence-electron chi connectivity index (χ0n) is 16.9. The first kappa shape index (κ1) is 19.7. The third kappa shape index (κ3) is 4.84. The van der Waals surface area contributed by atoms with Crippen LogP contribution in [0.25, 0.3) is 11.3 Å². The fourth-order valence-electron chi connectivity index (χ4n) is 3.37. The van der Waals surface area contributed by atoms with Gasteiger partial charge in [-0.25, -0.2) is 9.78 Å². The van der Waals surface area contributed by atoms with E-state index in [1.807, 2.05) is 60.7 Å². The van der Waals surface area contributed by atoms with Crippen LogP contribution in [-0.2, 0) is 0 Å². The molecule has 1 fully saturated rings. The van der Waals surface area contributed by atoms with Crippen molar-refractivity contribution in [3.05, 3.63) is 60.7 Å². The van der Waals surface area contributed by atoms with Crippen LogP contribution in [0.3, 0.4) is 0 Å². The molecular formula is C22H25N7O. The molecule has 1 saturated heterocycles. The van der Waals surface area contributed by atoms with Gasteiger partial charge in [-0.2, -0.15) is 4.98 Å². The van der Waals surface area contributed by atoms with Crippen LogP contribution in [0.5, 0.6) is 0 Å². The second-order valence-electron chi connectivity index (χ2n) is 7.29. The summed E-state index contributed by atoms with van der Waals surface area (Å²) in [5.41, 5.74) is 8.97. The first-order valence-corrected chi connectivity index (χ1v) is 9.88. The van der Waals surface area contributed by atoms with Crippen molar-refractivity contribution in [2.75, 3.05) is 54.5 Å². The number of rotatable bonds is 4. The lowest BCUT2D eigenvalue weighted by molar-refractivity contribution is 0.262. The maximum Gasteiger partial charge on any atom is 0.323 e. The molecule has 1 aromatic heterocycles. The van der Waals surface area contributed by atoms with Crippen LogP contribution in [0, 0.1) is 0 Å². The van der Waals surface area contributed by atoms with E-state index in [4.69, 9.17) is 5.73 Å². The van der Waals surface area contributed by atoms with E-state index in [0.29, 0.717) is 5.69 Å². The van der Waals surface area contributed by atoms with E-state index < -0.39 is 0 Å². The molecule has 154 valence electrons. The lowest BCUT2D eigenvalue weighted by atomic mass is 10.1. The highest BCUT2D eigenvalue weighted by atomic mass is 16.2. The van der Waals surface area contributed by atoms with Gasteiger partial charge in [0, 0.05) is 49.2 Å². The predicted octanol–water partition coefficient (Wildman–Crippen LogP) is 3.12. The highest BCUT2D eigenvalue weighted by Gasteiger charge is 2.17. The number of anilines is 4. The zero-order chi connectivity index (χ0) is 20.9. The molecule has 0 unspecified atom stereocenters. The SMILES string of the molecule is CN1CCN(c2cc(-c3cccc(NC(=O)Nc4ccccc4)c3)nc(N)n2)CC1. The number of urea groups is 1. The molecule has 8 heteroatoms. The fourth-order valence-corrected chi connectivity index (χ4v) is 3.37. The zero-order valence-corrected chi connectivity index (χ0v) is 16.9. The van der Waals surface area contributed by atoms with Crippen molar-refractivity contribution >= 4 is 29.2 Å². The van der Waals surface area contributed by atoms with Gasteiger partial charge in [0.05, 0.1) is 5.69 Å². The summed E-state index contributed by atoms with van der Waals surface area (Å²) in [4.78, 5) is 25.6. The van der Waals surface area contributed by atoms with E-state index in [2.05, 4.69) is 37.4 Å². The number of amides is 2. The third-order valence-corrected chi connectivity index (χ3v) is 5.01. The molecule has 4 N–H and O–H groups in total. The molecule has 2 heterocycles. The molecular weight excluding hydrogens is 378 g/mol. The number of hydrogen-bond acceptors (Lipinski definition) is 6. The van der Waals surface area contributed by atoms with Crippen LogP contribution in [-0.4, -0.2) is 54.1 Å². The first-order valence-electron chi connectivity index (χ1n) is 9.88. The third-order valence-electron chi connectivity index (χ3n) is 5.01. The van der Waals surface area contributed by atoms with E-state index in [0.717, 1.165) is 48.9 Å². The Kier molecular flexibility index (Phi) is 5.76.